The number of methoxy groups -OCH3 is 1. The van der Waals surface area contributed by atoms with Crippen molar-refractivity contribution in [3.05, 3.63) is 29.3 Å². The third-order valence-corrected chi connectivity index (χ3v) is 4.03. The number of rotatable bonds is 1. The molecule has 1 heterocycles. The Balaban J connectivity index is 2.36. The molecule has 0 aromatic heterocycles. The summed E-state index contributed by atoms with van der Waals surface area (Å²) in [5.41, 5.74) is 2.27. The van der Waals surface area contributed by atoms with Crippen LogP contribution < -0.4 is 4.74 Å². The number of fused-ring (bicyclic) bond motifs is 1. The molecule has 1 aromatic rings. The van der Waals surface area contributed by atoms with Gasteiger partial charge in [-0.25, -0.2) is 0 Å². The van der Waals surface area contributed by atoms with Gasteiger partial charge in [-0.15, -0.1) is 0 Å². The Hall–Kier alpha value is -0.670. The summed E-state index contributed by atoms with van der Waals surface area (Å²) in [6.07, 6.45) is 0.477. The molecule has 0 radical (unpaired) electrons. The molecule has 1 aromatic carbocycles. The maximum Gasteiger partial charge on any atom is 0.119 e. The molecule has 0 bridgehead atoms. The van der Waals surface area contributed by atoms with Crippen molar-refractivity contribution in [3.8, 4) is 5.75 Å². The number of hydrogen-bond donors (Lipinski definition) is 1. The van der Waals surface area contributed by atoms with E-state index in [0.29, 0.717) is 5.25 Å². The van der Waals surface area contributed by atoms with Crippen molar-refractivity contribution in [2.45, 2.75) is 30.5 Å². The number of benzene rings is 1. The Morgan fingerprint density at radius 1 is 1.47 bits per heavy atom. The smallest absolute Gasteiger partial charge is 0.119 e. The molecule has 0 spiro atoms. The maximum absolute atomic E-state index is 10.1. The Labute approximate surface area is 94.6 Å². The molecule has 0 fully saturated rings. The summed E-state index contributed by atoms with van der Waals surface area (Å²) < 4.78 is 5.18. The molecule has 82 valence electrons. The molecule has 2 rings (SSSR count). The second-order valence-corrected chi connectivity index (χ2v) is 5.36. The van der Waals surface area contributed by atoms with Crippen LogP contribution in [0, 0.1) is 0 Å². The minimum absolute atomic E-state index is 0.347. The first-order valence-electron chi connectivity index (χ1n) is 5.17. The van der Waals surface area contributed by atoms with E-state index < -0.39 is 0 Å². The van der Waals surface area contributed by atoms with Gasteiger partial charge in [0.05, 0.1) is 13.2 Å². The lowest BCUT2D eigenvalue weighted by Crippen LogP contribution is -2.03. The van der Waals surface area contributed by atoms with Gasteiger partial charge in [-0.05, 0) is 29.7 Å². The first kappa shape index (κ1) is 10.8. The van der Waals surface area contributed by atoms with Gasteiger partial charge in [0.1, 0.15) is 5.75 Å². The zero-order chi connectivity index (χ0) is 10.8. The molecular formula is C12H16O2S. The second-order valence-electron chi connectivity index (χ2n) is 3.94. The fraction of sp³-hybridized carbons (Fsp3) is 0.500. The molecule has 0 saturated heterocycles. The van der Waals surface area contributed by atoms with Gasteiger partial charge >= 0.3 is 0 Å². The summed E-state index contributed by atoms with van der Waals surface area (Å²) >= 11 is 1.90. The van der Waals surface area contributed by atoms with E-state index in [9.17, 15) is 5.11 Å². The molecular weight excluding hydrogens is 208 g/mol. The molecule has 0 aliphatic carbocycles. The van der Waals surface area contributed by atoms with Crippen molar-refractivity contribution in [3.63, 3.8) is 0 Å². The Morgan fingerprint density at radius 3 is 3.00 bits per heavy atom. The highest BCUT2D eigenvalue weighted by Crippen LogP contribution is 2.36. The third-order valence-electron chi connectivity index (χ3n) is 2.79. The molecule has 1 aliphatic heterocycles. The van der Waals surface area contributed by atoms with Crippen LogP contribution >= 0.6 is 11.8 Å². The summed E-state index contributed by atoms with van der Waals surface area (Å²) in [6, 6.07) is 5.98. The molecule has 1 N–H and O–H groups in total. The van der Waals surface area contributed by atoms with E-state index in [1.807, 2.05) is 23.9 Å². The summed E-state index contributed by atoms with van der Waals surface area (Å²) in [6.45, 7) is 2.16. The van der Waals surface area contributed by atoms with Gasteiger partial charge < -0.3 is 9.84 Å². The predicted molar refractivity (Wildman–Crippen MR) is 63.3 cm³/mol. The van der Waals surface area contributed by atoms with Crippen LogP contribution in [0.4, 0.5) is 0 Å². The average molecular weight is 224 g/mol. The molecule has 1 aliphatic rings. The van der Waals surface area contributed by atoms with Crippen LogP contribution in [0.5, 0.6) is 5.75 Å². The van der Waals surface area contributed by atoms with Crippen LogP contribution in [0.15, 0.2) is 18.2 Å². The van der Waals surface area contributed by atoms with E-state index in [2.05, 4.69) is 13.0 Å². The third kappa shape index (κ3) is 2.29. The number of aliphatic hydroxyl groups excluding tert-OH is 1. The number of aliphatic hydroxyl groups is 1. The van der Waals surface area contributed by atoms with E-state index in [-0.39, 0.29) is 6.10 Å². The van der Waals surface area contributed by atoms with Gasteiger partial charge in [-0.1, -0.05) is 13.0 Å². The van der Waals surface area contributed by atoms with Gasteiger partial charge in [0.2, 0.25) is 0 Å². The second kappa shape index (κ2) is 4.45. The van der Waals surface area contributed by atoms with Crippen LogP contribution in [0.1, 0.15) is 30.6 Å². The molecule has 2 atom stereocenters. The lowest BCUT2D eigenvalue weighted by molar-refractivity contribution is 0.168. The van der Waals surface area contributed by atoms with E-state index in [4.69, 9.17) is 4.74 Å². The highest BCUT2D eigenvalue weighted by Gasteiger charge is 2.21. The van der Waals surface area contributed by atoms with Gasteiger partial charge in [0, 0.05) is 11.0 Å². The lowest BCUT2D eigenvalue weighted by Gasteiger charge is -2.13. The predicted octanol–water partition coefficient (Wildman–Crippen LogP) is 2.75. The van der Waals surface area contributed by atoms with Crippen molar-refractivity contribution in [2.75, 3.05) is 7.11 Å². The quantitative estimate of drug-likeness (QED) is 0.795. The number of thioether (sulfide) groups is 1. The topological polar surface area (TPSA) is 29.5 Å². The normalized spacial score (nSPS) is 25.5. The Morgan fingerprint density at radius 2 is 2.27 bits per heavy atom. The summed E-state index contributed by atoms with van der Waals surface area (Å²) in [5.74, 6) is 1.81. The average Bonchev–Trinajstić information content (AvgIpc) is 2.38. The van der Waals surface area contributed by atoms with Gasteiger partial charge in [0.25, 0.3) is 0 Å². The van der Waals surface area contributed by atoms with Gasteiger partial charge in [-0.3, -0.25) is 0 Å². The van der Waals surface area contributed by atoms with Crippen molar-refractivity contribution in [1.82, 2.24) is 0 Å². The zero-order valence-electron chi connectivity index (χ0n) is 9.06. The maximum atomic E-state index is 10.1. The number of hydrogen-bond acceptors (Lipinski definition) is 3. The van der Waals surface area contributed by atoms with E-state index >= 15 is 0 Å². The largest absolute Gasteiger partial charge is 0.497 e. The highest BCUT2D eigenvalue weighted by atomic mass is 32.2. The molecule has 0 saturated carbocycles. The first-order valence-corrected chi connectivity index (χ1v) is 6.22. The van der Waals surface area contributed by atoms with Crippen molar-refractivity contribution in [2.24, 2.45) is 0 Å². The molecule has 0 amide bonds. The number of ether oxygens (including phenoxy) is 1. The van der Waals surface area contributed by atoms with Crippen LogP contribution in [-0.4, -0.2) is 17.5 Å². The first-order chi connectivity index (χ1) is 7.20. The van der Waals surface area contributed by atoms with E-state index in [1.54, 1.807) is 7.11 Å². The molecule has 15 heavy (non-hydrogen) atoms. The minimum atomic E-state index is -0.347. The Bertz CT molecular complexity index is 351. The SMILES string of the molecule is COc1ccc2c(c1)[C@@H](O)CC(C)SC2. The van der Waals surface area contributed by atoms with Crippen LogP contribution in [0.3, 0.4) is 0 Å². The zero-order valence-corrected chi connectivity index (χ0v) is 9.88. The fourth-order valence-electron chi connectivity index (χ4n) is 1.88. The van der Waals surface area contributed by atoms with Crippen LogP contribution in [-0.2, 0) is 5.75 Å². The summed E-state index contributed by atoms with van der Waals surface area (Å²) in [7, 11) is 1.65. The van der Waals surface area contributed by atoms with Crippen molar-refractivity contribution < 1.29 is 9.84 Å². The molecule has 1 unspecified atom stereocenters. The van der Waals surface area contributed by atoms with Crippen molar-refractivity contribution in [1.29, 1.82) is 0 Å². The highest BCUT2D eigenvalue weighted by molar-refractivity contribution is 7.99. The summed E-state index contributed by atoms with van der Waals surface area (Å²) in [5, 5.41) is 10.6. The van der Waals surface area contributed by atoms with Gasteiger partial charge in [0.15, 0.2) is 0 Å². The Kier molecular flexibility index (Phi) is 3.22. The van der Waals surface area contributed by atoms with Crippen LogP contribution in [0.2, 0.25) is 0 Å². The van der Waals surface area contributed by atoms with E-state index in [0.717, 1.165) is 23.5 Å². The van der Waals surface area contributed by atoms with E-state index in [1.165, 1.54) is 5.56 Å². The standard InChI is InChI=1S/C12H16O2S/c1-8-5-12(13)11-6-10(14-2)4-3-9(11)7-15-8/h3-4,6,8,12-13H,5,7H2,1-2H3/t8?,12-/m0/s1. The van der Waals surface area contributed by atoms with Crippen LogP contribution in [0.25, 0.3) is 0 Å². The fourth-order valence-corrected chi connectivity index (χ4v) is 2.93. The minimum Gasteiger partial charge on any atom is -0.497 e. The monoisotopic (exact) mass is 224 g/mol. The van der Waals surface area contributed by atoms with Gasteiger partial charge in [-0.2, -0.15) is 11.8 Å². The summed E-state index contributed by atoms with van der Waals surface area (Å²) in [4.78, 5) is 0. The molecule has 2 nitrogen and oxygen atoms in total. The lowest BCUT2D eigenvalue weighted by atomic mass is 10.00. The molecule has 3 heteroatoms. The van der Waals surface area contributed by atoms with Crippen molar-refractivity contribution >= 4 is 11.8 Å².